The van der Waals surface area contributed by atoms with E-state index in [1.807, 2.05) is 18.2 Å². The van der Waals surface area contributed by atoms with E-state index in [2.05, 4.69) is 41.5 Å². The average molecular weight is 843 g/mol. The van der Waals surface area contributed by atoms with Crippen LogP contribution in [0.5, 0.6) is 0 Å². The summed E-state index contributed by atoms with van der Waals surface area (Å²) in [5, 5.41) is 23.8. The largest absolute Gasteiger partial charge is 0.394 e. The molecule has 1 fully saturated rings. The molecule has 4 aromatic rings. The van der Waals surface area contributed by atoms with Crippen molar-refractivity contribution >= 4 is 58.2 Å². The highest BCUT2D eigenvalue weighted by Crippen LogP contribution is 2.21. The number of hydrogen-bond acceptors (Lipinski definition) is 11. The van der Waals surface area contributed by atoms with Crippen molar-refractivity contribution in [2.24, 2.45) is 17.2 Å². The van der Waals surface area contributed by atoms with Gasteiger partial charge < -0.3 is 63.8 Å². The van der Waals surface area contributed by atoms with Gasteiger partial charge in [-0.15, -0.1) is 0 Å². The number of nitrogens with one attached hydrogen (secondary N) is 7. The van der Waals surface area contributed by atoms with Gasteiger partial charge in [-0.05, 0) is 30.0 Å². The fraction of sp³-hybridized carbons (Fsp3) is 0.375. The molecule has 8 amide bonds. The zero-order valence-electron chi connectivity index (χ0n) is 33.1. The molecule has 0 radical (unpaired) electrons. The van der Waals surface area contributed by atoms with Gasteiger partial charge in [0.05, 0.1) is 31.9 Å². The molecule has 0 saturated carbocycles. The summed E-state index contributed by atoms with van der Waals surface area (Å²) in [6.45, 7) is -1.24. The van der Waals surface area contributed by atoms with Crippen molar-refractivity contribution < 1.29 is 43.5 Å². The predicted molar refractivity (Wildman–Crippen MR) is 218 cm³/mol. The van der Waals surface area contributed by atoms with E-state index in [4.69, 9.17) is 17.2 Å². The van der Waals surface area contributed by atoms with Gasteiger partial charge in [-0.25, -0.2) is 4.98 Å². The molecule has 21 nitrogen and oxygen atoms in total. The molecule has 1 saturated heterocycles. The number of para-hydroxylation sites is 1. The number of aliphatic hydroxyl groups excluding tert-OH is 1. The van der Waals surface area contributed by atoms with Crippen molar-refractivity contribution in [2.45, 2.75) is 74.8 Å². The van der Waals surface area contributed by atoms with Gasteiger partial charge in [-0.1, -0.05) is 48.5 Å². The number of imidazole rings is 1. The maximum Gasteiger partial charge on any atom is 0.245 e. The van der Waals surface area contributed by atoms with Crippen molar-refractivity contribution in [3.8, 4) is 0 Å². The number of primary amides is 2. The Morgan fingerprint density at radius 1 is 0.770 bits per heavy atom. The van der Waals surface area contributed by atoms with Crippen molar-refractivity contribution in [2.75, 3.05) is 19.7 Å². The highest BCUT2D eigenvalue weighted by Gasteiger charge is 2.39. The van der Waals surface area contributed by atoms with Crippen LogP contribution in [0, 0.1) is 0 Å². The second-order valence-corrected chi connectivity index (χ2v) is 14.6. The Kier molecular flexibility index (Phi) is 15.6. The lowest BCUT2D eigenvalue weighted by Crippen LogP contribution is -2.60. The van der Waals surface area contributed by atoms with Crippen molar-refractivity contribution in [1.82, 2.24) is 46.4 Å². The number of likely N-dealkylation sites (tertiary alicyclic amines) is 1. The van der Waals surface area contributed by atoms with E-state index in [-0.39, 0.29) is 32.2 Å². The van der Waals surface area contributed by atoms with Gasteiger partial charge in [-0.2, -0.15) is 0 Å². The Hall–Kier alpha value is -7.13. The molecule has 1 aliphatic rings. The molecule has 5 rings (SSSR count). The summed E-state index contributed by atoms with van der Waals surface area (Å²) in [6, 6.07) is 8.09. The van der Waals surface area contributed by atoms with Gasteiger partial charge >= 0.3 is 0 Å². The average Bonchev–Trinajstić information content (AvgIpc) is 4.03. The van der Waals surface area contributed by atoms with Gasteiger partial charge in [-0.3, -0.25) is 38.4 Å². The molecule has 0 bridgehead atoms. The van der Waals surface area contributed by atoms with Crippen molar-refractivity contribution in [3.05, 3.63) is 90.1 Å². The van der Waals surface area contributed by atoms with Crippen LogP contribution in [0.1, 0.15) is 36.1 Å². The smallest absolute Gasteiger partial charge is 0.245 e. The number of nitrogens with two attached hydrogens (primary N) is 3. The van der Waals surface area contributed by atoms with E-state index in [1.165, 1.54) is 17.4 Å². The molecular formula is C40H50N12O9. The number of carbonyl (C=O) groups excluding carboxylic acids is 8. The van der Waals surface area contributed by atoms with Gasteiger partial charge in [0.15, 0.2) is 0 Å². The van der Waals surface area contributed by atoms with E-state index < -0.39 is 103 Å². The van der Waals surface area contributed by atoms with E-state index in [1.54, 1.807) is 42.6 Å². The number of nitrogens with zero attached hydrogens (tertiary/aromatic N) is 2. The molecule has 0 aliphatic carbocycles. The summed E-state index contributed by atoms with van der Waals surface area (Å²) >= 11 is 0. The Balaban J connectivity index is 1.33. The lowest BCUT2D eigenvalue weighted by Gasteiger charge is -2.29. The summed E-state index contributed by atoms with van der Waals surface area (Å²) in [5.41, 5.74) is 18.8. The third kappa shape index (κ3) is 12.4. The number of H-pyrrole nitrogens is 2. The number of aliphatic hydroxyl groups is 1. The van der Waals surface area contributed by atoms with Crippen LogP contribution in [0.15, 0.2) is 73.3 Å². The van der Waals surface area contributed by atoms with Gasteiger partial charge in [0.1, 0.15) is 30.2 Å². The minimum absolute atomic E-state index is 0.0318. The molecule has 61 heavy (non-hydrogen) atoms. The summed E-state index contributed by atoms with van der Waals surface area (Å²) in [5.74, 6) is -6.33. The SMILES string of the molecule is NC(=O)CNC(=O)[C@H](Cc1c[nH]c2ccccc12)NC(=O)[C@H](CO)NC(=O)[C@H](Cc1cnc[nH]1)NC(=O)[C@H](Cc1ccccc1)NC(=O)[C@@H]1CCCN1C(=O)[C@@H](N)CC(N)=O. The number of aromatic amines is 2. The van der Waals surface area contributed by atoms with Crippen molar-refractivity contribution in [1.29, 1.82) is 0 Å². The zero-order chi connectivity index (χ0) is 44.1. The van der Waals surface area contributed by atoms with Crippen LogP contribution in [0.4, 0.5) is 0 Å². The highest BCUT2D eigenvalue weighted by atomic mass is 16.3. The standard InChI is InChI=1S/C40H50N12O9/c41-26(16-33(42)54)40(61)52-12-6-11-32(52)39(60)50-28(13-22-7-2-1-3-8-22)36(57)49-30(15-24-18-44-21-47-24)37(58)51-31(20-53)38(59)48-29(35(56)46-19-34(43)55)14-23-17-45-27-10-5-4-9-25(23)27/h1-5,7-10,17-18,21,26,28-32,45,53H,6,11-16,19-20,41H2,(H2,42,54)(H2,43,55)(H,44,47)(H,46,56)(H,48,59)(H,49,57)(H,50,60)(H,51,58)/t26-,28-,29-,30-,31-,32-/m0/s1. The van der Waals surface area contributed by atoms with Crippen LogP contribution in [-0.2, 0) is 57.6 Å². The molecule has 6 atom stereocenters. The second kappa shape index (κ2) is 21.2. The molecular weight excluding hydrogens is 793 g/mol. The lowest BCUT2D eigenvalue weighted by molar-refractivity contribution is -0.141. The first-order chi connectivity index (χ1) is 29.2. The maximum absolute atomic E-state index is 14.2. The van der Waals surface area contributed by atoms with E-state index in [9.17, 15) is 43.5 Å². The molecule has 1 aliphatic heterocycles. The number of amides is 8. The zero-order valence-corrected chi connectivity index (χ0v) is 33.1. The Morgan fingerprint density at radius 2 is 1.41 bits per heavy atom. The minimum Gasteiger partial charge on any atom is -0.394 e. The molecule has 2 aromatic carbocycles. The van der Waals surface area contributed by atoms with E-state index in [0.717, 1.165) is 10.9 Å². The number of hydrogen-bond donors (Lipinski definition) is 11. The molecule has 14 N–H and O–H groups in total. The topological polar surface area (TPSA) is 343 Å². The molecule has 3 heterocycles. The normalized spacial score (nSPS) is 16.0. The lowest BCUT2D eigenvalue weighted by atomic mass is 10.0. The van der Waals surface area contributed by atoms with Crippen molar-refractivity contribution in [3.63, 3.8) is 0 Å². The fourth-order valence-electron chi connectivity index (χ4n) is 7.01. The molecule has 324 valence electrons. The Morgan fingerprint density at radius 3 is 2.07 bits per heavy atom. The maximum atomic E-state index is 14.2. The fourth-order valence-corrected chi connectivity index (χ4v) is 7.01. The molecule has 0 unspecified atom stereocenters. The Bertz CT molecular complexity index is 2200. The Labute approximate surface area is 349 Å². The monoisotopic (exact) mass is 842 g/mol. The second-order valence-electron chi connectivity index (χ2n) is 14.6. The van der Waals surface area contributed by atoms with Gasteiger partial charge in [0.25, 0.3) is 0 Å². The quantitative estimate of drug-likeness (QED) is 0.0394. The third-order valence-corrected chi connectivity index (χ3v) is 10.1. The van der Waals surface area contributed by atoms with Crippen LogP contribution < -0.4 is 43.8 Å². The first-order valence-electron chi connectivity index (χ1n) is 19.5. The summed E-state index contributed by atoms with van der Waals surface area (Å²) in [6.07, 6.45) is 4.47. The highest BCUT2D eigenvalue weighted by molar-refractivity contribution is 5.98. The summed E-state index contributed by atoms with van der Waals surface area (Å²) < 4.78 is 0. The van der Waals surface area contributed by atoms with Gasteiger partial charge in [0, 0.05) is 54.8 Å². The van der Waals surface area contributed by atoms with Crippen LogP contribution in [0.25, 0.3) is 10.9 Å². The number of aromatic nitrogens is 3. The molecule has 21 heteroatoms. The number of fused-ring (bicyclic) bond motifs is 1. The summed E-state index contributed by atoms with van der Waals surface area (Å²) in [4.78, 5) is 116. The first kappa shape index (κ1) is 45.0. The van der Waals surface area contributed by atoms with E-state index in [0.29, 0.717) is 23.2 Å². The van der Waals surface area contributed by atoms with Gasteiger partial charge in [0.2, 0.25) is 47.3 Å². The van der Waals surface area contributed by atoms with Crippen LogP contribution in [0.3, 0.4) is 0 Å². The van der Waals surface area contributed by atoms with Crippen LogP contribution >= 0.6 is 0 Å². The number of rotatable bonds is 21. The first-order valence-corrected chi connectivity index (χ1v) is 19.5. The third-order valence-electron chi connectivity index (χ3n) is 10.1. The van der Waals surface area contributed by atoms with E-state index >= 15 is 0 Å². The summed E-state index contributed by atoms with van der Waals surface area (Å²) in [7, 11) is 0. The molecule has 0 spiro atoms. The number of carbonyl (C=O) groups is 8. The number of benzene rings is 2. The molecule has 2 aromatic heterocycles. The van der Waals surface area contributed by atoms with Crippen LogP contribution in [-0.4, -0.2) is 128 Å². The van der Waals surface area contributed by atoms with Crippen LogP contribution in [0.2, 0.25) is 0 Å². The minimum atomic E-state index is -1.63. The predicted octanol–water partition coefficient (Wildman–Crippen LogP) is -3.35.